The van der Waals surface area contributed by atoms with Gasteiger partial charge in [-0.2, -0.15) is 0 Å². The van der Waals surface area contributed by atoms with E-state index in [1.54, 1.807) is 0 Å². The van der Waals surface area contributed by atoms with Crippen LogP contribution < -0.4 is 27.7 Å². The molecule has 2 aromatic heterocycles. The van der Waals surface area contributed by atoms with E-state index in [0.717, 1.165) is 18.2 Å². The van der Waals surface area contributed by atoms with Crippen LogP contribution in [0.5, 0.6) is 0 Å². The molecule has 1 amide bonds. The van der Waals surface area contributed by atoms with Gasteiger partial charge in [0.1, 0.15) is 5.82 Å². The van der Waals surface area contributed by atoms with Crippen molar-refractivity contribution in [3.8, 4) is 0 Å². The van der Waals surface area contributed by atoms with Crippen molar-refractivity contribution in [1.82, 2.24) is 24.4 Å². The average Bonchev–Trinajstić information content (AvgIpc) is 3.09. The van der Waals surface area contributed by atoms with Gasteiger partial charge >= 0.3 is 5.69 Å². The van der Waals surface area contributed by atoms with E-state index in [1.165, 1.54) is 21.3 Å². The Kier molecular flexibility index (Phi) is 8.50. The number of methoxy groups -OCH3 is 1. The van der Waals surface area contributed by atoms with Gasteiger partial charge in [-0.1, -0.05) is 45.9 Å². The molecule has 2 heterocycles. The molecule has 0 aliphatic heterocycles. The Bertz CT molecular complexity index is 1050. The lowest BCUT2D eigenvalue weighted by Gasteiger charge is -2.24. The number of nitrogens with two attached hydrogens (primary N) is 2. The highest BCUT2D eigenvalue weighted by molar-refractivity contribution is 7.99. The quantitative estimate of drug-likeness (QED) is 0.328. The molecule has 2 rings (SSSR count). The number of rotatable bonds is 10. The summed E-state index contributed by atoms with van der Waals surface area (Å²) in [4.78, 5) is 41.4. The van der Waals surface area contributed by atoms with Crippen LogP contribution in [0.4, 0.5) is 11.5 Å². The van der Waals surface area contributed by atoms with Crippen LogP contribution in [0.15, 0.2) is 14.7 Å². The van der Waals surface area contributed by atoms with Gasteiger partial charge in [0.15, 0.2) is 11.5 Å². The highest BCUT2D eigenvalue weighted by Gasteiger charge is 2.26. The maximum absolute atomic E-state index is 13.1. The van der Waals surface area contributed by atoms with E-state index in [9.17, 15) is 14.4 Å². The van der Waals surface area contributed by atoms with Crippen molar-refractivity contribution in [2.24, 2.45) is 0 Å². The molecule has 5 N–H and O–H groups in total. The maximum atomic E-state index is 13.1. The fourth-order valence-corrected chi connectivity index (χ4v) is 3.74. The predicted octanol–water partition coefficient (Wildman–Crippen LogP) is 0.293. The number of thioether (sulfide) groups is 1. The Morgan fingerprint density at radius 1 is 1.28 bits per heavy atom. The number of ether oxygens (including phenoxy) is 1. The molecular formula is C19H32N8O4S. The number of nitrogens with zero attached hydrogens (tertiary/aromatic N) is 5. The lowest BCUT2D eigenvalue weighted by atomic mass is 9.96. The molecule has 2 aromatic rings. The summed E-state index contributed by atoms with van der Waals surface area (Å²) >= 11 is 1.09. The smallest absolute Gasteiger partial charge is 0.330 e. The third-order valence-corrected chi connectivity index (χ3v) is 5.63. The third-order valence-electron chi connectivity index (χ3n) is 4.70. The van der Waals surface area contributed by atoms with Gasteiger partial charge in [0.2, 0.25) is 11.1 Å². The molecule has 0 aliphatic carbocycles. The molecular weight excluding hydrogens is 436 g/mol. The number of hydrogen-bond donors (Lipinski definition) is 3. The highest BCUT2D eigenvalue weighted by Crippen LogP contribution is 2.24. The predicted molar refractivity (Wildman–Crippen MR) is 124 cm³/mol. The van der Waals surface area contributed by atoms with Crippen LogP contribution in [0, 0.1) is 0 Å². The minimum atomic E-state index is -0.730. The Morgan fingerprint density at radius 3 is 2.53 bits per heavy atom. The van der Waals surface area contributed by atoms with Gasteiger partial charge in [-0.25, -0.2) is 9.47 Å². The van der Waals surface area contributed by atoms with Crippen molar-refractivity contribution in [3.05, 3.63) is 26.7 Å². The fourth-order valence-electron chi connectivity index (χ4n) is 3.01. The number of carbonyl (C=O) groups is 1. The Morgan fingerprint density at radius 2 is 1.97 bits per heavy atom. The molecule has 32 heavy (non-hydrogen) atoms. The van der Waals surface area contributed by atoms with Gasteiger partial charge in [-0.05, 0) is 6.42 Å². The lowest BCUT2D eigenvalue weighted by Crippen LogP contribution is -2.43. The van der Waals surface area contributed by atoms with Crippen molar-refractivity contribution < 1.29 is 9.53 Å². The number of anilines is 2. The number of carbonyl (C=O) groups excluding carboxylic acids is 1. The summed E-state index contributed by atoms with van der Waals surface area (Å²) in [5, 5.41) is 8.53. The number of aromatic nitrogens is 5. The molecule has 0 atom stereocenters. The number of unbranched alkanes of at least 4 members (excludes halogenated alkanes) is 1. The first-order chi connectivity index (χ1) is 15.0. The van der Waals surface area contributed by atoms with Crippen molar-refractivity contribution in [3.63, 3.8) is 0 Å². The summed E-state index contributed by atoms with van der Waals surface area (Å²) in [6.07, 6.45) is 1.53. The molecule has 0 aliphatic rings. The topological polar surface area (TPSA) is 167 Å². The van der Waals surface area contributed by atoms with Crippen LogP contribution in [-0.4, -0.2) is 56.3 Å². The fraction of sp³-hybridized carbons (Fsp3) is 0.632. The Labute approximate surface area is 190 Å². The molecule has 0 radical (unpaired) electrons. The second-order valence-corrected chi connectivity index (χ2v) is 9.19. The molecule has 0 saturated heterocycles. The van der Waals surface area contributed by atoms with Crippen LogP contribution in [-0.2, 0) is 21.5 Å². The molecule has 0 spiro atoms. The average molecular weight is 469 g/mol. The number of hydrogen-bond acceptors (Lipinski definition) is 9. The molecule has 0 fully saturated rings. The molecule has 0 bridgehead atoms. The molecule has 178 valence electrons. The zero-order valence-electron chi connectivity index (χ0n) is 19.2. The van der Waals surface area contributed by atoms with E-state index in [-0.39, 0.29) is 35.8 Å². The molecule has 0 saturated carbocycles. The second-order valence-electron chi connectivity index (χ2n) is 8.25. The number of aromatic amines is 1. The number of nitrogen functional groups attached to an aromatic ring is 2. The van der Waals surface area contributed by atoms with Gasteiger partial charge in [-0.15, -0.1) is 10.2 Å². The first kappa shape index (κ1) is 25.5. The van der Waals surface area contributed by atoms with Crippen molar-refractivity contribution >= 4 is 29.2 Å². The maximum Gasteiger partial charge on any atom is 0.330 e. The largest absolute Gasteiger partial charge is 0.383 e. The monoisotopic (exact) mass is 468 g/mol. The number of nitrogens with one attached hydrogen (secondary N) is 1. The summed E-state index contributed by atoms with van der Waals surface area (Å²) in [6.45, 7) is 8.42. The minimum absolute atomic E-state index is 0.0568. The SMILES string of the molecule is CCCCn1c(N)c(N(CCOC)C(=O)CSc2nnc(C(C)(C)C)n2N)c(=O)[nH]c1=O. The zero-order valence-corrected chi connectivity index (χ0v) is 20.0. The molecule has 12 nitrogen and oxygen atoms in total. The van der Waals surface area contributed by atoms with Gasteiger partial charge in [0.05, 0.1) is 12.4 Å². The van der Waals surface area contributed by atoms with Crippen molar-refractivity contribution in [1.29, 1.82) is 0 Å². The summed E-state index contributed by atoms with van der Waals surface area (Å²) < 4.78 is 7.72. The number of H-pyrrole nitrogens is 1. The normalized spacial score (nSPS) is 11.7. The summed E-state index contributed by atoms with van der Waals surface area (Å²) in [6, 6.07) is 0. The summed E-state index contributed by atoms with van der Waals surface area (Å²) in [7, 11) is 1.48. The van der Waals surface area contributed by atoms with E-state index >= 15 is 0 Å². The van der Waals surface area contributed by atoms with Crippen LogP contribution >= 0.6 is 11.8 Å². The minimum Gasteiger partial charge on any atom is -0.383 e. The zero-order chi connectivity index (χ0) is 24.1. The van der Waals surface area contributed by atoms with Crippen molar-refractivity contribution in [2.75, 3.05) is 42.5 Å². The second kappa shape index (κ2) is 10.7. The molecule has 13 heteroatoms. The van der Waals surface area contributed by atoms with Crippen molar-refractivity contribution in [2.45, 2.75) is 57.7 Å². The number of amides is 1. The van der Waals surface area contributed by atoms with Crippen LogP contribution in [0.3, 0.4) is 0 Å². The summed E-state index contributed by atoms with van der Waals surface area (Å²) in [5.74, 6) is 6.12. The highest BCUT2D eigenvalue weighted by atomic mass is 32.2. The standard InChI is InChI=1S/C19H32N8O4S/c1-6-7-8-26-14(20)13(15(29)22-17(26)30)25(9-10-31-5)12(28)11-32-18-24-23-16(27(18)21)19(2,3)4/h6-11,20-21H2,1-5H3,(H,22,29,30). The first-order valence-electron chi connectivity index (χ1n) is 10.3. The van der Waals surface area contributed by atoms with Gasteiger partial charge in [0.25, 0.3) is 5.56 Å². The molecule has 0 aromatic carbocycles. The lowest BCUT2D eigenvalue weighted by molar-refractivity contribution is -0.116. The van der Waals surface area contributed by atoms with E-state index in [0.29, 0.717) is 23.9 Å². The van der Waals surface area contributed by atoms with Crippen LogP contribution in [0.2, 0.25) is 0 Å². The third kappa shape index (κ3) is 5.71. The van der Waals surface area contributed by atoms with E-state index < -0.39 is 17.2 Å². The van der Waals surface area contributed by atoms with Gasteiger partial charge < -0.3 is 21.2 Å². The van der Waals surface area contributed by atoms with Crippen LogP contribution in [0.25, 0.3) is 0 Å². The first-order valence-corrected chi connectivity index (χ1v) is 11.3. The van der Waals surface area contributed by atoms with E-state index in [2.05, 4.69) is 15.2 Å². The Balaban J connectivity index is 2.34. The van der Waals surface area contributed by atoms with Gasteiger partial charge in [-0.3, -0.25) is 19.1 Å². The Hall–Kier alpha value is -2.80. The van der Waals surface area contributed by atoms with Crippen LogP contribution in [0.1, 0.15) is 46.4 Å². The van der Waals surface area contributed by atoms with E-state index in [1.807, 2.05) is 27.7 Å². The van der Waals surface area contributed by atoms with Gasteiger partial charge in [0, 0.05) is 25.6 Å². The summed E-state index contributed by atoms with van der Waals surface area (Å²) in [5.41, 5.74) is 4.44. The molecule has 0 unspecified atom stereocenters. The van der Waals surface area contributed by atoms with E-state index in [4.69, 9.17) is 16.3 Å².